The zero-order valence-electron chi connectivity index (χ0n) is 10.2. The molecule has 88 valence electrons. The third-order valence-corrected chi connectivity index (χ3v) is 3.87. The molecular weight excluding hydrogens is 192 g/mol. The van der Waals surface area contributed by atoms with E-state index in [0.717, 1.165) is 13.0 Å². The number of hydrogen-bond donors (Lipinski definition) is 1. The fraction of sp³-hybridized carbons (Fsp3) is 1.00. The maximum atomic E-state index is 10.8. The van der Waals surface area contributed by atoms with Crippen molar-refractivity contribution in [3.63, 3.8) is 0 Å². The van der Waals surface area contributed by atoms with Gasteiger partial charge in [-0.3, -0.25) is 0 Å². The monoisotopic (exact) mass is 214 g/mol. The third-order valence-electron chi connectivity index (χ3n) is 3.87. The fourth-order valence-electron chi connectivity index (χ4n) is 3.22. The zero-order chi connectivity index (χ0) is 11.3. The molecule has 0 aliphatic carbocycles. The number of aliphatic hydroxyl groups is 1. The minimum Gasteiger partial charge on any atom is -0.386 e. The zero-order valence-corrected chi connectivity index (χ0v) is 10.2. The van der Waals surface area contributed by atoms with Crippen molar-refractivity contribution in [2.75, 3.05) is 13.2 Å². The van der Waals surface area contributed by atoms with Gasteiger partial charge < -0.3 is 14.6 Å². The van der Waals surface area contributed by atoms with Gasteiger partial charge >= 0.3 is 0 Å². The predicted octanol–water partition coefficient (Wildman–Crippen LogP) is 1.73. The Bertz CT molecular complexity index is 254. The van der Waals surface area contributed by atoms with Gasteiger partial charge in [0.25, 0.3) is 0 Å². The molecule has 2 rings (SSSR count). The number of ether oxygens (including phenoxy) is 2. The van der Waals surface area contributed by atoms with Gasteiger partial charge in [0, 0.05) is 18.9 Å². The lowest BCUT2D eigenvalue weighted by Crippen LogP contribution is -2.52. The summed E-state index contributed by atoms with van der Waals surface area (Å²) in [6.07, 6.45) is 1.64. The fourth-order valence-corrected chi connectivity index (χ4v) is 3.22. The molecule has 2 aliphatic rings. The van der Waals surface area contributed by atoms with Crippen LogP contribution >= 0.6 is 0 Å². The molecule has 0 saturated carbocycles. The van der Waals surface area contributed by atoms with Gasteiger partial charge in [-0.2, -0.15) is 0 Å². The first-order valence-corrected chi connectivity index (χ1v) is 5.77. The van der Waals surface area contributed by atoms with E-state index in [1.54, 1.807) is 0 Å². The molecule has 15 heavy (non-hydrogen) atoms. The summed E-state index contributed by atoms with van der Waals surface area (Å²) in [5.41, 5.74) is -1.46. The summed E-state index contributed by atoms with van der Waals surface area (Å²) in [4.78, 5) is 0. The molecule has 2 heterocycles. The standard InChI is InChI=1S/C12H22O3/c1-10(2)8-12(13,11(3,4)15-10)9-5-6-14-7-9/h9,13H,5-8H2,1-4H3. The first kappa shape index (κ1) is 11.4. The molecule has 0 bridgehead atoms. The summed E-state index contributed by atoms with van der Waals surface area (Å²) in [6, 6.07) is 0. The van der Waals surface area contributed by atoms with Crippen LogP contribution < -0.4 is 0 Å². The minimum absolute atomic E-state index is 0.217. The molecule has 0 aromatic heterocycles. The molecule has 0 spiro atoms. The summed E-state index contributed by atoms with van der Waals surface area (Å²) in [5, 5.41) is 10.8. The molecule has 2 aliphatic heterocycles. The Balaban J connectivity index is 2.26. The molecule has 3 heteroatoms. The van der Waals surface area contributed by atoms with Crippen LogP contribution in [0.1, 0.15) is 40.5 Å². The Kier molecular flexibility index (Phi) is 2.42. The number of rotatable bonds is 1. The molecule has 2 saturated heterocycles. The molecular formula is C12H22O3. The van der Waals surface area contributed by atoms with Crippen LogP contribution in [-0.4, -0.2) is 35.1 Å². The van der Waals surface area contributed by atoms with Crippen molar-refractivity contribution in [3.05, 3.63) is 0 Å². The van der Waals surface area contributed by atoms with Crippen LogP contribution in [0, 0.1) is 5.92 Å². The van der Waals surface area contributed by atoms with Crippen LogP contribution in [0.5, 0.6) is 0 Å². The summed E-state index contributed by atoms with van der Waals surface area (Å²) in [7, 11) is 0. The SMILES string of the molecule is CC1(C)CC(O)(C2CCOC2)C(C)(C)O1. The van der Waals surface area contributed by atoms with Crippen molar-refractivity contribution in [1.82, 2.24) is 0 Å². The van der Waals surface area contributed by atoms with E-state index in [2.05, 4.69) is 0 Å². The van der Waals surface area contributed by atoms with Crippen molar-refractivity contribution < 1.29 is 14.6 Å². The second-order valence-electron chi connectivity index (χ2n) is 6.03. The quantitative estimate of drug-likeness (QED) is 0.722. The van der Waals surface area contributed by atoms with Crippen LogP contribution in [0.25, 0.3) is 0 Å². The van der Waals surface area contributed by atoms with E-state index in [1.807, 2.05) is 27.7 Å². The Labute approximate surface area is 91.8 Å². The Morgan fingerprint density at radius 3 is 2.27 bits per heavy atom. The van der Waals surface area contributed by atoms with Gasteiger partial charge in [0.2, 0.25) is 0 Å². The van der Waals surface area contributed by atoms with E-state index in [4.69, 9.17) is 9.47 Å². The van der Waals surface area contributed by atoms with Crippen LogP contribution in [0.2, 0.25) is 0 Å². The lowest BCUT2D eigenvalue weighted by Gasteiger charge is -2.39. The normalized spacial score (nSPS) is 43.4. The van der Waals surface area contributed by atoms with Crippen LogP contribution in [0.4, 0.5) is 0 Å². The predicted molar refractivity (Wildman–Crippen MR) is 57.7 cm³/mol. The highest BCUT2D eigenvalue weighted by Crippen LogP contribution is 2.50. The van der Waals surface area contributed by atoms with Crippen LogP contribution in [-0.2, 0) is 9.47 Å². The van der Waals surface area contributed by atoms with Crippen molar-refractivity contribution >= 4 is 0 Å². The smallest absolute Gasteiger partial charge is 0.101 e. The highest BCUT2D eigenvalue weighted by molar-refractivity contribution is 5.09. The minimum atomic E-state index is -0.743. The van der Waals surface area contributed by atoms with Gasteiger partial charge in [0.15, 0.2) is 0 Å². The van der Waals surface area contributed by atoms with E-state index in [1.165, 1.54) is 0 Å². The van der Waals surface area contributed by atoms with Crippen LogP contribution in [0.3, 0.4) is 0 Å². The summed E-state index contributed by atoms with van der Waals surface area (Å²) < 4.78 is 11.3. The average molecular weight is 214 g/mol. The van der Waals surface area contributed by atoms with Crippen molar-refractivity contribution in [1.29, 1.82) is 0 Å². The van der Waals surface area contributed by atoms with Gasteiger partial charge in [0.1, 0.15) is 5.60 Å². The molecule has 0 amide bonds. The molecule has 2 fully saturated rings. The third kappa shape index (κ3) is 1.71. The topological polar surface area (TPSA) is 38.7 Å². The lowest BCUT2D eigenvalue weighted by atomic mass is 9.73. The highest BCUT2D eigenvalue weighted by atomic mass is 16.6. The summed E-state index contributed by atoms with van der Waals surface area (Å²) >= 11 is 0. The van der Waals surface area contributed by atoms with E-state index >= 15 is 0 Å². The Hall–Kier alpha value is -0.120. The second-order valence-corrected chi connectivity index (χ2v) is 6.03. The first-order valence-electron chi connectivity index (χ1n) is 5.77. The molecule has 0 aromatic rings. The summed E-state index contributed by atoms with van der Waals surface area (Å²) in [5.74, 6) is 0.217. The first-order chi connectivity index (χ1) is 6.77. The van der Waals surface area contributed by atoms with Gasteiger partial charge in [-0.15, -0.1) is 0 Å². The second kappa shape index (κ2) is 3.19. The van der Waals surface area contributed by atoms with E-state index < -0.39 is 11.2 Å². The van der Waals surface area contributed by atoms with Crippen molar-refractivity contribution in [3.8, 4) is 0 Å². The lowest BCUT2D eigenvalue weighted by molar-refractivity contribution is -0.147. The van der Waals surface area contributed by atoms with Crippen molar-refractivity contribution in [2.45, 2.75) is 57.3 Å². The summed E-state index contributed by atoms with van der Waals surface area (Å²) in [6.45, 7) is 9.49. The van der Waals surface area contributed by atoms with Gasteiger partial charge in [0.05, 0.1) is 17.8 Å². The highest BCUT2D eigenvalue weighted by Gasteiger charge is 2.60. The van der Waals surface area contributed by atoms with Crippen LogP contribution in [0.15, 0.2) is 0 Å². The Morgan fingerprint density at radius 2 is 1.87 bits per heavy atom. The van der Waals surface area contributed by atoms with Gasteiger partial charge in [-0.1, -0.05) is 0 Å². The maximum absolute atomic E-state index is 10.8. The van der Waals surface area contributed by atoms with E-state index in [-0.39, 0.29) is 11.5 Å². The van der Waals surface area contributed by atoms with Gasteiger partial charge in [-0.05, 0) is 34.1 Å². The van der Waals surface area contributed by atoms with E-state index in [9.17, 15) is 5.11 Å². The van der Waals surface area contributed by atoms with E-state index in [0.29, 0.717) is 13.0 Å². The molecule has 2 unspecified atom stereocenters. The maximum Gasteiger partial charge on any atom is 0.101 e. The molecule has 2 atom stereocenters. The molecule has 3 nitrogen and oxygen atoms in total. The largest absolute Gasteiger partial charge is 0.386 e. The van der Waals surface area contributed by atoms with Crippen molar-refractivity contribution in [2.24, 2.45) is 5.92 Å². The molecule has 0 aromatic carbocycles. The molecule has 0 radical (unpaired) electrons. The van der Waals surface area contributed by atoms with Gasteiger partial charge in [-0.25, -0.2) is 0 Å². The average Bonchev–Trinajstić information content (AvgIpc) is 2.55. The molecule has 1 N–H and O–H groups in total. The number of hydrogen-bond acceptors (Lipinski definition) is 3. The Morgan fingerprint density at radius 1 is 1.20 bits per heavy atom.